The van der Waals surface area contributed by atoms with Crippen molar-refractivity contribution < 1.29 is 4.74 Å². The highest BCUT2D eigenvalue weighted by Crippen LogP contribution is 2.45. The largest absolute Gasteiger partial charge is 0.492 e. The summed E-state index contributed by atoms with van der Waals surface area (Å²) in [5.74, 6) is 1.39. The Balaban J connectivity index is 1.48. The van der Waals surface area contributed by atoms with Gasteiger partial charge in [0.1, 0.15) is 10.2 Å². The number of ether oxygens (including phenoxy) is 1. The molecule has 6 rings (SSSR count). The molecule has 1 saturated heterocycles. The summed E-state index contributed by atoms with van der Waals surface area (Å²) in [5.41, 5.74) is 1.40. The van der Waals surface area contributed by atoms with Crippen LogP contribution in [0.3, 0.4) is 0 Å². The monoisotopic (exact) mass is 426 g/mol. The molecule has 0 spiro atoms. The van der Waals surface area contributed by atoms with E-state index in [1.54, 1.807) is 7.11 Å². The van der Waals surface area contributed by atoms with Crippen LogP contribution in [0.25, 0.3) is 21.1 Å². The van der Waals surface area contributed by atoms with E-state index < -0.39 is 0 Å². The second-order valence-corrected chi connectivity index (χ2v) is 9.74. The van der Waals surface area contributed by atoms with Crippen LogP contribution in [0.2, 0.25) is 0 Å². The zero-order valence-electron chi connectivity index (χ0n) is 17.1. The highest BCUT2D eigenvalue weighted by atomic mass is 32.1. The maximum absolute atomic E-state index is 13.2. The Hall–Kier alpha value is -2.32. The maximum Gasteiger partial charge on any atom is 0.271 e. The van der Waals surface area contributed by atoms with Crippen LogP contribution >= 0.6 is 11.5 Å². The minimum absolute atomic E-state index is 0.197. The molecule has 3 heterocycles. The van der Waals surface area contributed by atoms with E-state index in [9.17, 15) is 9.59 Å². The molecular formula is C22H26N4O3S. The van der Waals surface area contributed by atoms with E-state index in [1.165, 1.54) is 24.4 Å². The van der Waals surface area contributed by atoms with E-state index in [0.29, 0.717) is 17.3 Å². The fourth-order valence-corrected chi connectivity index (χ4v) is 5.77. The third kappa shape index (κ3) is 2.88. The molecular weight excluding hydrogens is 400 g/mol. The minimum atomic E-state index is -0.287. The first-order chi connectivity index (χ1) is 14.7. The van der Waals surface area contributed by atoms with Gasteiger partial charge in [-0.25, -0.2) is 0 Å². The van der Waals surface area contributed by atoms with Crippen LogP contribution in [-0.4, -0.2) is 41.7 Å². The zero-order chi connectivity index (χ0) is 20.4. The molecule has 2 saturated carbocycles. The molecule has 3 aliphatic rings. The van der Waals surface area contributed by atoms with Gasteiger partial charge in [0.15, 0.2) is 5.75 Å². The number of methoxy groups -OCH3 is 1. The summed E-state index contributed by atoms with van der Waals surface area (Å²) in [5, 5.41) is 4.51. The lowest BCUT2D eigenvalue weighted by Gasteiger charge is -2.24. The van der Waals surface area contributed by atoms with Gasteiger partial charge in [-0.1, -0.05) is 0 Å². The summed E-state index contributed by atoms with van der Waals surface area (Å²) in [6.07, 6.45) is 5.91. The second-order valence-electron chi connectivity index (χ2n) is 8.94. The van der Waals surface area contributed by atoms with Crippen LogP contribution in [0.1, 0.15) is 38.1 Å². The average Bonchev–Trinajstić information content (AvgIpc) is 3.68. The Morgan fingerprint density at radius 1 is 1.20 bits per heavy atom. The van der Waals surface area contributed by atoms with Gasteiger partial charge in [-0.2, -0.15) is 0 Å². The number of nitrogens with zero attached hydrogens (tertiary/aromatic N) is 2. The minimum Gasteiger partial charge on any atom is -0.492 e. The van der Waals surface area contributed by atoms with Crippen molar-refractivity contribution in [3.8, 4) is 5.75 Å². The molecule has 3 fully saturated rings. The van der Waals surface area contributed by atoms with Crippen LogP contribution in [-0.2, 0) is 0 Å². The Kier molecular flexibility index (Phi) is 4.21. The standard InChI is InChI=1S/C22H26N4O3S/c1-29-20-16(25-9-8-12(11-25)10-23-13-2-3-13)7-6-15-18(20)26(14-4-5-14)22-17(19(15)27)21(28)24-30-22/h6-7,12-14,23H,2-5,8-11H2,1H3,(H,24,28)/t12-/m0/s1. The Labute approximate surface area is 177 Å². The van der Waals surface area contributed by atoms with E-state index in [1.807, 2.05) is 12.1 Å². The normalized spacial score (nSPS) is 21.8. The van der Waals surface area contributed by atoms with Crippen molar-refractivity contribution in [2.45, 2.75) is 44.2 Å². The number of aromatic nitrogens is 2. The molecule has 8 heteroatoms. The first-order valence-electron chi connectivity index (χ1n) is 10.9. The number of benzene rings is 1. The molecule has 158 valence electrons. The number of aromatic amines is 1. The summed E-state index contributed by atoms with van der Waals surface area (Å²) in [6.45, 7) is 3.06. The van der Waals surface area contributed by atoms with Crippen molar-refractivity contribution in [2.24, 2.45) is 5.92 Å². The van der Waals surface area contributed by atoms with Crippen molar-refractivity contribution in [3.63, 3.8) is 0 Å². The van der Waals surface area contributed by atoms with Gasteiger partial charge >= 0.3 is 0 Å². The number of fused-ring (bicyclic) bond motifs is 2. The van der Waals surface area contributed by atoms with Crippen LogP contribution in [0.15, 0.2) is 21.7 Å². The quantitative estimate of drug-likeness (QED) is 0.634. The van der Waals surface area contributed by atoms with Crippen molar-refractivity contribution in [1.29, 1.82) is 0 Å². The van der Waals surface area contributed by atoms with Crippen LogP contribution in [0.5, 0.6) is 5.75 Å². The number of H-pyrrole nitrogens is 1. The van der Waals surface area contributed by atoms with Gasteiger partial charge in [0.25, 0.3) is 5.56 Å². The van der Waals surface area contributed by atoms with Gasteiger partial charge in [0.05, 0.1) is 23.7 Å². The Morgan fingerprint density at radius 3 is 2.77 bits per heavy atom. The number of pyridine rings is 1. The van der Waals surface area contributed by atoms with E-state index in [2.05, 4.69) is 19.2 Å². The average molecular weight is 427 g/mol. The SMILES string of the molecule is COc1c(N2CC[C@@H](CNC3CC3)C2)ccc2c(=O)c3c(=O)[nH]sc3n(C3CC3)c12. The fraction of sp³-hybridized carbons (Fsp3) is 0.545. The van der Waals surface area contributed by atoms with Crippen molar-refractivity contribution >= 4 is 38.3 Å². The number of rotatable bonds is 6. The van der Waals surface area contributed by atoms with Gasteiger partial charge in [0, 0.05) is 25.2 Å². The second kappa shape index (κ2) is 6.85. The third-order valence-electron chi connectivity index (χ3n) is 6.74. The first-order valence-corrected chi connectivity index (χ1v) is 11.7. The van der Waals surface area contributed by atoms with E-state index >= 15 is 0 Å². The van der Waals surface area contributed by atoms with E-state index in [0.717, 1.165) is 66.7 Å². The molecule has 1 atom stereocenters. The predicted molar refractivity (Wildman–Crippen MR) is 120 cm³/mol. The van der Waals surface area contributed by atoms with Crippen molar-refractivity contribution in [2.75, 3.05) is 31.6 Å². The zero-order valence-corrected chi connectivity index (χ0v) is 17.9. The lowest BCUT2D eigenvalue weighted by atomic mass is 10.1. The maximum atomic E-state index is 13.2. The van der Waals surface area contributed by atoms with Crippen molar-refractivity contribution in [1.82, 2.24) is 14.3 Å². The van der Waals surface area contributed by atoms with E-state index in [-0.39, 0.29) is 16.4 Å². The Morgan fingerprint density at radius 2 is 2.03 bits per heavy atom. The molecule has 2 aliphatic carbocycles. The van der Waals surface area contributed by atoms with Gasteiger partial charge < -0.3 is 19.5 Å². The van der Waals surface area contributed by atoms with Gasteiger partial charge in [-0.05, 0) is 68.2 Å². The lowest BCUT2D eigenvalue weighted by Crippen LogP contribution is -2.28. The summed E-state index contributed by atoms with van der Waals surface area (Å²) in [4.78, 5) is 28.6. The highest BCUT2D eigenvalue weighted by Gasteiger charge is 2.33. The highest BCUT2D eigenvalue weighted by molar-refractivity contribution is 7.12. The molecule has 0 bridgehead atoms. The summed E-state index contributed by atoms with van der Waals surface area (Å²) >= 11 is 1.26. The lowest BCUT2D eigenvalue weighted by molar-refractivity contribution is 0.417. The number of hydrogen-bond acceptors (Lipinski definition) is 6. The van der Waals surface area contributed by atoms with Crippen LogP contribution in [0, 0.1) is 5.92 Å². The number of anilines is 1. The van der Waals surface area contributed by atoms with Crippen molar-refractivity contribution in [3.05, 3.63) is 32.7 Å². The molecule has 1 aromatic carbocycles. The Bertz CT molecular complexity index is 1250. The molecule has 3 aromatic rings. The van der Waals surface area contributed by atoms with Crippen LogP contribution < -0.4 is 25.9 Å². The molecule has 7 nitrogen and oxygen atoms in total. The molecule has 1 aliphatic heterocycles. The third-order valence-corrected chi connectivity index (χ3v) is 7.62. The van der Waals surface area contributed by atoms with Crippen LogP contribution in [0.4, 0.5) is 5.69 Å². The number of nitrogens with one attached hydrogen (secondary N) is 2. The predicted octanol–water partition coefficient (Wildman–Crippen LogP) is 2.83. The summed E-state index contributed by atoms with van der Waals surface area (Å²) in [6, 6.07) is 4.95. The molecule has 30 heavy (non-hydrogen) atoms. The number of hydrogen-bond donors (Lipinski definition) is 2. The molecule has 0 amide bonds. The van der Waals surface area contributed by atoms with E-state index in [4.69, 9.17) is 4.74 Å². The van der Waals surface area contributed by atoms with Gasteiger partial charge in [-0.15, -0.1) is 0 Å². The smallest absolute Gasteiger partial charge is 0.271 e. The molecule has 0 unspecified atom stereocenters. The first kappa shape index (κ1) is 18.4. The topological polar surface area (TPSA) is 79.4 Å². The molecule has 2 N–H and O–H groups in total. The van der Waals surface area contributed by atoms with Gasteiger partial charge in [0.2, 0.25) is 5.43 Å². The molecule has 2 aromatic heterocycles. The summed E-state index contributed by atoms with van der Waals surface area (Å²) in [7, 11) is 1.69. The summed E-state index contributed by atoms with van der Waals surface area (Å²) < 4.78 is 10.9. The fourth-order valence-electron chi connectivity index (χ4n) is 4.85. The van der Waals surface area contributed by atoms with Gasteiger partial charge in [-0.3, -0.25) is 14.0 Å². The molecule has 0 radical (unpaired) electrons.